The van der Waals surface area contributed by atoms with E-state index in [0.29, 0.717) is 22.3 Å². The van der Waals surface area contributed by atoms with E-state index in [2.05, 4.69) is 39.8 Å². The third-order valence-corrected chi connectivity index (χ3v) is 6.78. The summed E-state index contributed by atoms with van der Waals surface area (Å²) in [5, 5.41) is 8.16. The number of ether oxygens (including phenoxy) is 1. The topological polar surface area (TPSA) is 53.6 Å². The Hall–Kier alpha value is -2.45. The maximum Gasteiger partial charge on any atom is 0.341 e. The van der Waals surface area contributed by atoms with Gasteiger partial charge in [-0.3, -0.25) is 4.90 Å². The van der Waals surface area contributed by atoms with Gasteiger partial charge in [0.15, 0.2) is 5.11 Å². The smallest absolute Gasteiger partial charge is 0.341 e. The number of halogens is 1. The molecule has 3 aromatic rings. The number of esters is 1. The molecule has 0 saturated carbocycles. The lowest BCUT2D eigenvalue weighted by molar-refractivity contribution is 0.0526. The van der Waals surface area contributed by atoms with Crippen molar-refractivity contribution >= 4 is 56.9 Å². The van der Waals surface area contributed by atoms with Crippen LogP contribution in [0, 0.1) is 0 Å². The molecule has 0 unspecified atom stereocenters. The molecule has 4 rings (SSSR count). The van der Waals surface area contributed by atoms with Gasteiger partial charge < -0.3 is 15.4 Å². The Morgan fingerprint density at radius 1 is 1.16 bits per heavy atom. The summed E-state index contributed by atoms with van der Waals surface area (Å²) in [7, 11) is 0. The minimum absolute atomic E-state index is 0.307. The molecular formula is C24H24ClN3O2S2. The van der Waals surface area contributed by atoms with Gasteiger partial charge >= 0.3 is 5.97 Å². The van der Waals surface area contributed by atoms with E-state index in [0.717, 1.165) is 42.3 Å². The number of hydrogen-bond acceptors (Lipinski definition) is 5. The Bertz CT molecular complexity index is 1100. The summed E-state index contributed by atoms with van der Waals surface area (Å²) in [4.78, 5) is 16.4. The first-order valence-electron chi connectivity index (χ1n) is 10.4. The van der Waals surface area contributed by atoms with E-state index < -0.39 is 0 Å². The van der Waals surface area contributed by atoms with Gasteiger partial charge in [-0.25, -0.2) is 4.79 Å². The number of fused-ring (bicyclic) bond motifs is 1. The Balaban J connectivity index is 1.53. The highest BCUT2D eigenvalue weighted by molar-refractivity contribution is 7.80. The van der Waals surface area contributed by atoms with Crippen molar-refractivity contribution < 1.29 is 9.53 Å². The maximum absolute atomic E-state index is 12.8. The highest BCUT2D eigenvalue weighted by Crippen LogP contribution is 2.38. The van der Waals surface area contributed by atoms with Crippen LogP contribution in [-0.2, 0) is 24.2 Å². The highest BCUT2D eigenvalue weighted by Gasteiger charge is 2.29. The number of rotatable bonds is 6. The molecule has 0 spiro atoms. The number of anilines is 2. The zero-order valence-electron chi connectivity index (χ0n) is 17.7. The van der Waals surface area contributed by atoms with Gasteiger partial charge in [-0.1, -0.05) is 41.9 Å². The van der Waals surface area contributed by atoms with E-state index in [1.165, 1.54) is 10.4 Å². The maximum atomic E-state index is 12.8. The second kappa shape index (κ2) is 10.4. The lowest BCUT2D eigenvalue weighted by Crippen LogP contribution is -2.30. The SMILES string of the molecule is CCOC(=O)c1c(NC(=S)Nc2ccc(Cl)cc2)sc2c1CCN(Cc1ccccc1)C2. The largest absolute Gasteiger partial charge is 0.462 e. The van der Waals surface area contributed by atoms with Crippen LogP contribution in [0.2, 0.25) is 5.02 Å². The molecule has 0 radical (unpaired) electrons. The molecule has 1 aromatic heterocycles. The van der Waals surface area contributed by atoms with Crippen LogP contribution in [0.5, 0.6) is 0 Å². The lowest BCUT2D eigenvalue weighted by atomic mass is 10.0. The van der Waals surface area contributed by atoms with Crippen LogP contribution < -0.4 is 10.6 Å². The quantitative estimate of drug-likeness (QED) is 0.332. The number of nitrogens with zero attached hydrogens (tertiary/aromatic N) is 1. The fourth-order valence-electron chi connectivity index (χ4n) is 3.74. The fraction of sp³-hybridized carbons (Fsp3) is 0.250. The zero-order chi connectivity index (χ0) is 22.5. The molecule has 0 aliphatic carbocycles. The number of thiocarbonyl (C=S) groups is 1. The monoisotopic (exact) mass is 485 g/mol. The molecule has 1 aliphatic heterocycles. The first-order chi connectivity index (χ1) is 15.5. The number of thiophene rings is 1. The fourth-order valence-corrected chi connectivity index (χ4v) is 5.43. The molecule has 8 heteroatoms. The number of carbonyl (C=O) groups excluding carboxylic acids is 1. The minimum Gasteiger partial charge on any atom is -0.462 e. The summed E-state index contributed by atoms with van der Waals surface area (Å²) in [6.07, 6.45) is 0.797. The summed E-state index contributed by atoms with van der Waals surface area (Å²) in [5.41, 5.74) is 3.77. The second-order valence-electron chi connectivity index (χ2n) is 7.46. The first-order valence-corrected chi connectivity index (χ1v) is 12.0. The van der Waals surface area contributed by atoms with Crippen LogP contribution in [-0.4, -0.2) is 29.1 Å². The summed E-state index contributed by atoms with van der Waals surface area (Å²) in [5.74, 6) is -0.307. The van der Waals surface area contributed by atoms with E-state index in [-0.39, 0.29) is 5.97 Å². The Kier molecular flexibility index (Phi) is 7.42. The number of nitrogens with one attached hydrogen (secondary N) is 2. The molecular weight excluding hydrogens is 462 g/mol. The predicted octanol–water partition coefficient (Wildman–Crippen LogP) is 5.95. The van der Waals surface area contributed by atoms with Crippen molar-refractivity contribution in [2.45, 2.75) is 26.4 Å². The van der Waals surface area contributed by atoms with E-state index in [1.54, 1.807) is 23.5 Å². The summed E-state index contributed by atoms with van der Waals surface area (Å²) >= 11 is 13.0. The standard InChI is InChI=1S/C24H24ClN3O2S2/c1-2-30-23(29)21-19-12-13-28(14-16-6-4-3-5-7-16)15-20(19)32-22(21)27-24(31)26-18-10-8-17(25)9-11-18/h3-11H,2,12-15H2,1H3,(H2,26,27,31). The van der Waals surface area contributed by atoms with Crippen molar-refractivity contribution in [1.82, 2.24) is 4.90 Å². The summed E-state index contributed by atoms with van der Waals surface area (Å²) in [6, 6.07) is 17.7. The average molecular weight is 486 g/mol. The van der Waals surface area contributed by atoms with Gasteiger partial charge in [0.05, 0.1) is 12.2 Å². The average Bonchev–Trinajstić information content (AvgIpc) is 3.13. The van der Waals surface area contributed by atoms with Crippen LogP contribution in [0.4, 0.5) is 10.7 Å². The molecule has 0 fully saturated rings. The van der Waals surface area contributed by atoms with Crippen LogP contribution >= 0.6 is 35.2 Å². The van der Waals surface area contributed by atoms with E-state index in [1.807, 2.05) is 25.1 Å². The number of carbonyl (C=O) groups is 1. The predicted molar refractivity (Wildman–Crippen MR) is 136 cm³/mol. The molecule has 2 heterocycles. The minimum atomic E-state index is -0.307. The molecule has 0 amide bonds. The van der Waals surface area contributed by atoms with Crippen molar-refractivity contribution in [2.24, 2.45) is 0 Å². The van der Waals surface area contributed by atoms with Crippen LogP contribution in [0.15, 0.2) is 54.6 Å². The Labute approximate surface area is 202 Å². The molecule has 2 aromatic carbocycles. The Morgan fingerprint density at radius 3 is 2.62 bits per heavy atom. The third kappa shape index (κ3) is 5.48. The van der Waals surface area contributed by atoms with Gasteiger partial charge in [0.2, 0.25) is 0 Å². The van der Waals surface area contributed by atoms with Gasteiger partial charge in [-0.15, -0.1) is 11.3 Å². The molecule has 0 bridgehead atoms. The Morgan fingerprint density at radius 2 is 1.91 bits per heavy atom. The van der Waals surface area contributed by atoms with E-state index in [4.69, 9.17) is 28.6 Å². The number of benzene rings is 2. The van der Waals surface area contributed by atoms with E-state index >= 15 is 0 Å². The van der Waals surface area contributed by atoms with E-state index in [9.17, 15) is 4.79 Å². The van der Waals surface area contributed by atoms with Crippen molar-refractivity contribution in [3.05, 3.63) is 81.2 Å². The summed E-state index contributed by atoms with van der Waals surface area (Å²) < 4.78 is 5.36. The normalized spacial score (nSPS) is 13.3. The molecule has 0 saturated heterocycles. The molecule has 5 nitrogen and oxygen atoms in total. The first kappa shape index (κ1) is 22.7. The van der Waals surface area contributed by atoms with Gasteiger partial charge in [0, 0.05) is 35.2 Å². The van der Waals surface area contributed by atoms with Gasteiger partial charge in [-0.2, -0.15) is 0 Å². The lowest BCUT2D eigenvalue weighted by Gasteiger charge is -2.27. The number of hydrogen-bond donors (Lipinski definition) is 2. The van der Waals surface area contributed by atoms with Gasteiger partial charge in [-0.05, 0) is 61.0 Å². The second-order valence-corrected chi connectivity index (χ2v) is 9.41. The molecule has 1 aliphatic rings. The molecule has 2 N–H and O–H groups in total. The van der Waals surface area contributed by atoms with Crippen molar-refractivity contribution in [2.75, 3.05) is 23.8 Å². The molecule has 166 valence electrons. The highest BCUT2D eigenvalue weighted by atomic mass is 35.5. The third-order valence-electron chi connectivity index (χ3n) is 5.19. The molecule has 0 atom stereocenters. The van der Waals surface area contributed by atoms with Crippen LogP contribution in [0.25, 0.3) is 0 Å². The van der Waals surface area contributed by atoms with Crippen LogP contribution in [0.3, 0.4) is 0 Å². The van der Waals surface area contributed by atoms with Gasteiger partial charge in [0.25, 0.3) is 0 Å². The zero-order valence-corrected chi connectivity index (χ0v) is 20.1. The summed E-state index contributed by atoms with van der Waals surface area (Å²) in [6.45, 7) is 4.71. The van der Waals surface area contributed by atoms with Crippen molar-refractivity contribution in [1.29, 1.82) is 0 Å². The van der Waals surface area contributed by atoms with Gasteiger partial charge in [0.1, 0.15) is 5.00 Å². The molecule has 32 heavy (non-hydrogen) atoms. The van der Waals surface area contributed by atoms with Crippen LogP contribution in [0.1, 0.15) is 33.3 Å². The van der Waals surface area contributed by atoms with Crippen molar-refractivity contribution in [3.8, 4) is 0 Å². The van der Waals surface area contributed by atoms with Crippen molar-refractivity contribution in [3.63, 3.8) is 0 Å².